The van der Waals surface area contributed by atoms with E-state index in [0.29, 0.717) is 11.4 Å². The number of nitrogens with one attached hydrogen (secondary N) is 1. The number of hydrogen-bond donors (Lipinski definition) is 2. The molecule has 0 fully saturated rings. The normalized spacial score (nSPS) is 11.2. The topological polar surface area (TPSA) is 97.1 Å². The minimum atomic E-state index is -1.14. The lowest BCUT2D eigenvalue weighted by Crippen LogP contribution is -2.27. The van der Waals surface area contributed by atoms with Crippen LogP contribution in [0.15, 0.2) is 30.5 Å². The second kappa shape index (κ2) is 5.35. The molecule has 0 spiro atoms. The molecular formula is C14H16N4O3. The van der Waals surface area contributed by atoms with Gasteiger partial charge in [0.05, 0.1) is 11.9 Å². The number of nitrogens with zero attached hydrogens (tertiary/aromatic N) is 3. The van der Waals surface area contributed by atoms with Gasteiger partial charge in [-0.2, -0.15) is 0 Å². The molecule has 1 aromatic heterocycles. The number of carboxylic acid groups (broad SMARTS) is 1. The highest BCUT2D eigenvalue weighted by molar-refractivity contribution is 5.94. The fourth-order valence-electron chi connectivity index (χ4n) is 1.53. The van der Waals surface area contributed by atoms with Crippen LogP contribution in [0, 0.1) is 5.41 Å². The van der Waals surface area contributed by atoms with Crippen LogP contribution in [0.2, 0.25) is 0 Å². The Morgan fingerprint density at radius 2 is 2.00 bits per heavy atom. The van der Waals surface area contributed by atoms with Gasteiger partial charge in [-0.25, -0.2) is 9.48 Å². The zero-order chi connectivity index (χ0) is 15.6. The van der Waals surface area contributed by atoms with Crippen LogP contribution in [0.5, 0.6) is 0 Å². The number of carbonyl (C=O) groups excluding carboxylic acids is 1. The number of amides is 1. The van der Waals surface area contributed by atoms with E-state index in [2.05, 4.69) is 15.6 Å². The van der Waals surface area contributed by atoms with Crippen LogP contribution in [-0.4, -0.2) is 32.0 Å². The van der Waals surface area contributed by atoms with E-state index in [1.165, 1.54) is 10.9 Å². The predicted octanol–water partition coefficient (Wildman–Crippen LogP) is 1.95. The van der Waals surface area contributed by atoms with Crippen LogP contribution in [0.25, 0.3) is 5.69 Å². The van der Waals surface area contributed by atoms with E-state index < -0.39 is 11.4 Å². The summed E-state index contributed by atoms with van der Waals surface area (Å²) in [6.07, 6.45) is 1.31. The molecule has 0 bridgehead atoms. The maximum Gasteiger partial charge on any atom is 0.358 e. The van der Waals surface area contributed by atoms with Crippen molar-refractivity contribution in [1.29, 1.82) is 0 Å². The average molecular weight is 288 g/mol. The van der Waals surface area contributed by atoms with Gasteiger partial charge in [0.25, 0.3) is 0 Å². The third-order valence-corrected chi connectivity index (χ3v) is 2.76. The molecule has 21 heavy (non-hydrogen) atoms. The van der Waals surface area contributed by atoms with Crippen LogP contribution >= 0.6 is 0 Å². The lowest BCUT2D eigenvalue weighted by atomic mass is 9.95. The third kappa shape index (κ3) is 3.44. The average Bonchev–Trinajstić information content (AvgIpc) is 2.87. The number of aromatic nitrogens is 3. The molecule has 0 radical (unpaired) electrons. The zero-order valence-corrected chi connectivity index (χ0v) is 12.0. The highest BCUT2D eigenvalue weighted by atomic mass is 16.4. The van der Waals surface area contributed by atoms with E-state index in [1.807, 2.05) is 20.8 Å². The molecule has 2 aromatic rings. The first-order valence-corrected chi connectivity index (χ1v) is 6.35. The molecular weight excluding hydrogens is 272 g/mol. The first-order valence-electron chi connectivity index (χ1n) is 6.35. The summed E-state index contributed by atoms with van der Waals surface area (Å²) in [5.74, 6) is -1.25. The summed E-state index contributed by atoms with van der Waals surface area (Å²) >= 11 is 0. The number of hydrogen-bond acceptors (Lipinski definition) is 4. The van der Waals surface area contributed by atoms with E-state index in [4.69, 9.17) is 5.11 Å². The molecule has 0 saturated carbocycles. The molecule has 0 aliphatic carbocycles. The van der Waals surface area contributed by atoms with Gasteiger partial charge in [0.15, 0.2) is 5.69 Å². The Labute approximate surface area is 121 Å². The molecule has 0 atom stereocenters. The number of anilines is 1. The van der Waals surface area contributed by atoms with Crippen molar-refractivity contribution in [2.45, 2.75) is 20.8 Å². The lowest BCUT2D eigenvalue weighted by molar-refractivity contribution is -0.123. The third-order valence-electron chi connectivity index (χ3n) is 2.76. The Hall–Kier alpha value is -2.70. The first-order chi connectivity index (χ1) is 9.77. The van der Waals surface area contributed by atoms with E-state index in [-0.39, 0.29) is 11.6 Å². The number of carboxylic acids is 1. The van der Waals surface area contributed by atoms with Crippen LogP contribution in [0.3, 0.4) is 0 Å². The molecule has 1 aromatic carbocycles. The van der Waals surface area contributed by atoms with Gasteiger partial charge in [0.1, 0.15) is 0 Å². The second-order valence-corrected chi connectivity index (χ2v) is 5.61. The second-order valence-electron chi connectivity index (χ2n) is 5.61. The van der Waals surface area contributed by atoms with Crippen LogP contribution < -0.4 is 5.32 Å². The monoisotopic (exact) mass is 288 g/mol. The number of aromatic carboxylic acids is 1. The highest BCUT2D eigenvalue weighted by Gasteiger charge is 2.21. The Balaban J connectivity index is 2.25. The quantitative estimate of drug-likeness (QED) is 0.899. The Kier molecular flexibility index (Phi) is 3.75. The number of carbonyl (C=O) groups is 2. The fourth-order valence-corrected chi connectivity index (χ4v) is 1.53. The molecule has 0 aliphatic rings. The summed E-state index contributed by atoms with van der Waals surface area (Å²) in [7, 11) is 0. The predicted molar refractivity (Wildman–Crippen MR) is 76.4 cm³/mol. The molecule has 0 saturated heterocycles. The summed E-state index contributed by atoms with van der Waals surface area (Å²) in [5.41, 5.74) is 0.584. The van der Waals surface area contributed by atoms with E-state index >= 15 is 0 Å². The first kappa shape index (κ1) is 14.7. The smallest absolute Gasteiger partial charge is 0.358 e. The summed E-state index contributed by atoms with van der Waals surface area (Å²) in [5, 5.41) is 18.9. The van der Waals surface area contributed by atoms with Gasteiger partial charge in [-0.05, 0) is 18.2 Å². The van der Waals surface area contributed by atoms with Gasteiger partial charge < -0.3 is 10.4 Å². The van der Waals surface area contributed by atoms with Crippen LogP contribution in [0.1, 0.15) is 31.3 Å². The summed E-state index contributed by atoms with van der Waals surface area (Å²) < 4.78 is 1.34. The Morgan fingerprint density at radius 1 is 1.29 bits per heavy atom. The van der Waals surface area contributed by atoms with Crippen molar-refractivity contribution in [3.63, 3.8) is 0 Å². The maximum absolute atomic E-state index is 12.0. The van der Waals surface area contributed by atoms with Crippen LogP contribution in [0.4, 0.5) is 5.69 Å². The molecule has 1 amide bonds. The largest absolute Gasteiger partial charge is 0.476 e. The Morgan fingerprint density at radius 3 is 2.57 bits per heavy atom. The van der Waals surface area contributed by atoms with Crippen LogP contribution in [-0.2, 0) is 4.79 Å². The number of benzene rings is 1. The number of rotatable bonds is 3. The standard InChI is InChI=1S/C14H16N4O3/c1-14(2,3)13(21)15-9-5-4-6-10(7-9)18-8-11(12(19)20)16-17-18/h4-8H,1-3H3,(H,15,21)(H,19,20). The minimum absolute atomic E-state index is 0.107. The van der Waals surface area contributed by atoms with E-state index in [1.54, 1.807) is 24.3 Å². The van der Waals surface area contributed by atoms with E-state index in [0.717, 1.165) is 0 Å². The fraction of sp³-hybridized carbons (Fsp3) is 0.286. The van der Waals surface area contributed by atoms with Gasteiger partial charge in [-0.1, -0.05) is 32.1 Å². The van der Waals surface area contributed by atoms with Crippen molar-refractivity contribution in [3.05, 3.63) is 36.2 Å². The highest BCUT2D eigenvalue weighted by Crippen LogP contribution is 2.19. The van der Waals surface area contributed by atoms with Crippen molar-refractivity contribution in [2.24, 2.45) is 5.41 Å². The summed E-state index contributed by atoms with van der Waals surface area (Å²) in [6, 6.07) is 6.94. The Bertz CT molecular complexity index is 686. The van der Waals surface area contributed by atoms with Crippen molar-refractivity contribution in [2.75, 3.05) is 5.32 Å². The van der Waals surface area contributed by atoms with Crippen molar-refractivity contribution in [1.82, 2.24) is 15.0 Å². The minimum Gasteiger partial charge on any atom is -0.476 e. The molecule has 7 nitrogen and oxygen atoms in total. The van der Waals surface area contributed by atoms with E-state index in [9.17, 15) is 9.59 Å². The van der Waals surface area contributed by atoms with Crippen molar-refractivity contribution < 1.29 is 14.7 Å². The van der Waals surface area contributed by atoms with Gasteiger partial charge >= 0.3 is 5.97 Å². The molecule has 0 unspecified atom stereocenters. The van der Waals surface area contributed by atoms with Crippen molar-refractivity contribution >= 4 is 17.6 Å². The molecule has 110 valence electrons. The van der Waals surface area contributed by atoms with Gasteiger partial charge in [-0.15, -0.1) is 5.10 Å². The lowest BCUT2D eigenvalue weighted by Gasteiger charge is -2.17. The van der Waals surface area contributed by atoms with Crippen molar-refractivity contribution in [3.8, 4) is 5.69 Å². The maximum atomic E-state index is 12.0. The summed E-state index contributed by atoms with van der Waals surface area (Å²) in [4.78, 5) is 22.7. The summed E-state index contributed by atoms with van der Waals surface area (Å²) in [6.45, 7) is 5.47. The molecule has 1 heterocycles. The van der Waals surface area contributed by atoms with Gasteiger partial charge in [0.2, 0.25) is 5.91 Å². The molecule has 2 N–H and O–H groups in total. The molecule has 7 heteroatoms. The molecule has 2 rings (SSSR count). The van der Waals surface area contributed by atoms with Gasteiger partial charge in [0, 0.05) is 11.1 Å². The zero-order valence-electron chi connectivity index (χ0n) is 12.0. The van der Waals surface area contributed by atoms with Gasteiger partial charge in [-0.3, -0.25) is 4.79 Å². The SMILES string of the molecule is CC(C)(C)C(=O)Nc1cccc(-n2cc(C(=O)O)nn2)c1. The molecule has 0 aliphatic heterocycles.